The van der Waals surface area contributed by atoms with E-state index in [0.717, 1.165) is 68.6 Å². The first-order valence-electron chi connectivity index (χ1n) is 17.2. The van der Waals surface area contributed by atoms with Gasteiger partial charge in [-0.25, -0.2) is 0 Å². The number of benzene rings is 5. The SMILES string of the molecule is Cc1ccnc(N2CCCc3c(-c4ccccc4)cc(Oc4cccc(-n5[c](=[Pt])n(-c6ccc(C(C)(C)C)cc6)c6ccccc65)c4)cc32)c1. The molecule has 1 aliphatic heterocycles. The Hall–Kier alpha value is -4.99. The Morgan fingerprint density at radius 3 is 2.14 bits per heavy atom. The number of nitrogens with zero attached hydrogens (tertiary/aromatic N) is 4. The molecule has 0 atom stereocenters. The van der Waals surface area contributed by atoms with Crippen molar-refractivity contribution >= 4 is 22.5 Å². The number of ether oxygens (including phenoxy) is 1. The number of anilines is 2. The van der Waals surface area contributed by atoms with Crippen LogP contribution in [0.2, 0.25) is 0 Å². The molecule has 0 radical (unpaired) electrons. The van der Waals surface area contributed by atoms with Crippen molar-refractivity contribution in [2.75, 3.05) is 11.4 Å². The zero-order valence-electron chi connectivity index (χ0n) is 28.8. The topological polar surface area (TPSA) is 35.2 Å². The molecule has 0 saturated heterocycles. The van der Waals surface area contributed by atoms with Crippen LogP contribution in [0.25, 0.3) is 33.5 Å². The molecule has 0 aliphatic carbocycles. The van der Waals surface area contributed by atoms with Crippen molar-refractivity contribution in [3.63, 3.8) is 0 Å². The van der Waals surface area contributed by atoms with Crippen molar-refractivity contribution in [2.24, 2.45) is 0 Å². The molecule has 7 aromatic rings. The van der Waals surface area contributed by atoms with Crippen molar-refractivity contribution in [1.82, 2.24) is 14.1 Å². The maximum atomic E-state index is 6.80. The van der Waals surface area contributed by atoms with E-state index in [-0.39, 0.29) is 5.41 Å². The Morgan fingerprint density at radius 2 is 1.42 bits per heavy atom. The number of rotatable bonds is 6. The first-order chi connectivity index (χ1) is 24.2. The Bertz CT molecular complexity index is 2400. The van der Waals surface area contributed by atoms with Gasteiger partial charge in [0.2, 0.25) is 0 Å². The van der Waals surface area contributed by atoms with Crippen LogP contribution in [0.4, 0.5) is 11.5 Å². The van der Waals surface area contributed by atoms with Gasteiger partial charge in [0.05, 0.1) is 0 Å². The zero-order chi connectivity index (χ0) is 34.4. The summed E-state index contributed by atoms with van der Waals surface area (Å²) in [5.74, 6) is 2.56. The quantitative estimate of drug-likeness (QED) is 0.167. The van der Waals surface area contributed by atoms with E-state index >= 15 is 0 Å². The number of aromatic nitrogens is 3. The predicted octanol–water partition coefficient (Wildman–Crippen LogP) is 11.0. The summed E-state index contributed by atoms with van der Waals surface area (Å²) in [6.45, 7) is 9.80. The average molecular weight is 836 g/mol. The van der Waals surface area contributed by atoms with Gasteiger partial charge in [-0.15, -0.1) is 0 Å². The number of pyridine rings is 1. The number of imidazole rings is 1. The molecule has 2 aromatic heterocycles. The summed E-state index contributed by atoms with van der Waals surface area (Å²) in [6.07, 6.45) is 3.98. The third-order valence-corrected chi connectivity index (χ3v) is 10.6. The second-order valence-electron chi connectivity index (χ2n) is 14.1. The molecular formula is C44H40N4OPt. The van der Waals surface area contributed by atoms with Gasteiger partial charge >= 0.3 is 275 Å². The molecule has 0 saturated carbocycles. The Labute approximate surface area is 304 Å². The fourth-order valence-electron chi connectivity index (χ4n) is 7.04. The minimum atomic E-state index is 0.0978. The van der Waals surface area contributed by atoms with Gasteiger partial charge in [-0.3, -0.25) is 0 Å². The van der Waals surface area contributed by atoms with Crippen LogP contribution in [0.5, 0.6) is 11.5 Å². The Morgan fingerprint density at radius 1 is 0.700 bits per heavy atom. The van der Waals surface area contributed by atoms with Crippen LogP contribution in [-0.4, -0.2) is 20.7 Å². The summed E-state index contributed by atoms with van der Waals surface area (Å²) in [5, 5.41) is 0. The van der Waals surface area contributed by atoms with E-state index < -0.39 is 0 Å². The summed E-state index contributed by atoms with van der Waals surface area (Å²) in [7, 11) is 0. The van der Waals surface area contributed by atoms with Crippen LogP contribution in [0.1, 0.15) is 43.9 Å². The molecule has 252 valence electrons. The van der Waals surface area contributed by atoms with Gasteiger partial charge in [0.1, 0.15) is 0 Å². The van der Waals surface area contributed by atoms with E-state index in [2.05, 4.69) is 182 Å². The molecule has 1 aliphatic rings. The van der Waals surface area contributed by atoms with Gasteiger partial charge in [0.15, 0.2) is 0 Å². The molecule has 8 rings (SSSR count). The predicted molar refractivity (Wildman–Crippen MR) is 201 cm³/mol. The first-order valence-corrected chi connectivity index (χ1v) is 18.4. The van der Waals surface area contributed by atoms with Gasteiger partial charge in [0, 0.05) is 6.20 Å². The summed E-state index contributed by atoms with van der Waals surface area (Å²) in [6, 6.07) is 45.3. The number of hydrogen-bond donors (Lipinski definition) is 0. The van der Waals surface area contributed by atoms with Crippen molar-refractivity contribution < 1.29 is 24.1 Å². The molecule has 0 bridgehead atoms. The molecule has 50 heavy (non-hydrogen) atoms. The van der Waals surface area contributed by atoms with E-state index in [1.54, 1.807) is 0 Å². The molecule has 0 fully saturated rings. The number of para-hydroxylation sites is 2. The van der Waals surface area contributed by atoms with Crippen molar-refractivity contribution in [1.29, 1.82) is 0 Å². The van der Waals surface area contributed by atoms with Crippen LogP contribution in [-0.2, 0) is 31.2 Å². The van der Waals surface area contributed by atoms with Crippen LogP contribution in [0.3, 0.4) is 0 Å². The number of hydrogen-bond acceptors (Lipinski definition) is 3. The van der Waals surface area contributed by atoms with Gasteiger partial charge in [0.25, 0.3) is 0 Å². The molecule has 6 heteroatoms. The normalized spacial score (nSPS) is 13.0. The van der Waals surface area contributed by atoms with Crippen LogP contribution in [0, 0.1) is 10.7 Å². The average Bonchev–Trinajstić information content (AvgIpc) is 3.42. The summed E-state index contributed by atoms with van der Waals surface area (Å²) in [4.78, 5) is 7.12. The Balaban J connectivity index is 1.21. The third kappa shape index (κ3) is 6.05. The van der Waals surface area contributed by atoms with Gasteiger partial charge in [-0.2, -0.15) is 0 Å². The number of fused-ring (bicyclic) bond motifs is 2. The first kappa shape index (κ1) is 32.2. The van der Waals surface area contributed by atoms with E-state index in [1.165, 1.54) is 27.8 Å². The number of aryl methyl sites for hydroxylation is 1. The second-order valence-corrected chi connectivity index (χ2v) is 15.1. The molecular weight excluding hydrogens is 796 g/mol. The molecule has 0 unspecified atom stereocenters. The fraction of sp³-hybridized carbons (Fsp3) is 0.182. The van der Waals surface area contributed by atoms with Gasteiger partial charge in [-0.1, -0.05) is 6.07 Å². The van der Waals surface area contributed by atoms with Gasteiger partial charge < -0.3 is 0 Å². The van der Waals surface area contributed by atoms with E-state index in [9.17, 15) is 0 Å². The van der Waals surface area contributed by atoms with E-state index in [4.69, 9.17) is 9.72 Å². The fourth-order valence-corrected chi connectivity index (χ4v) is 8.18. The Kier molecular flexibility index (Phi) is 8.41. The van der Waals surface area contributed by atoms with Crippen LogP contribution < -0.4 is 9.64 Å². The summed E-state index contributed by atoms with van der Waals surface area (Å²) in [5.41, 5.74) is 12.0. The second kappa shape index (κ2) is 13.0. The van der Waals surface area contributed by atoms with Crippen molar-refractivity contribution in [3.8, 4) is 34.0 Å². The zero-order valence-corrected chi connectivity index (χ0v) is 31.1. The monoisotopic (exact) mass is 835 g/mol. The maximum absolute atomic E-state index is 6.80. The molecule has 0 spiro atoms. The summed E-state index contributed by atoms with van der Waals surface area (Å²) >= 11 is 2.46. The van der Waals surface area contributed by atoms with Crippen molar-refractivity contribution in [3.05, 3.63) is 154 Å². The van der Waals surface area contributed by atoms with Crippen molar-refractivity contribution in [2.45, 2.75) is 46.0 Å². The molecule has 3 heterocycles. The minimum absolute atomic E-state index is 0.0978. The molecule has 0 amide bonds. The third-order valence-electron chi connectivity index (χ3n) is 9.57. The molecule has 5 aromatic carbocycles. The van der Waals surface area contributed by atoms with E-state index in [1.807, 2.05) is 12.3 Å². The van der Waals surface area contributed by atoms with E-state index in [0.29, 0.717) is 0 Å². The molecule has 0 N–H and O–H groups in total. The summed E-state index contributed by atoms with van der Waals surface area (Å²) < 4.78 is 12.5. The van der Waals surface area contributed by atoms with Crippen LogP contribution >= 0.6 is 0 Å². The van der Waals surface area contributed by atoms with Crippen LogP contribution in [0.15, 0.2) is 134 Å². The molecule has 5 nitrogen and oxygen atoms in total. The standard InChI is InChI=1S/C44H40N4O.Pt/c1-31-23-24-45-43(26-31)46-25-11-16-38-39(32-12-6-5-7-13-32)28-37(29-42(38)46)49-36-15-10-14-35(27-36)48-30-47(40-17-8-9-18-41(40)48)34-21-19-33(20-22-34)44(2,3)4;/h5-10,12-15,17-24,26-29H,11,16,25H2,1-4H3;. The van der Waals surface area contributed by atoms with Gasteiger partial charge in [-0.05, 0) is 18.6 Å².